The van der Waals surface area contributed by atoms with E-state index in [1.807, 2.05) is 30.3 Å². The first-order chi connectivity index (χ1) is 12.7. The Labute approximate surface area is 152 Å². The van der Waals surface area contributed by atoms with E-state index in [9.17, 15) is 4.79 Å². The number of aromatic amines is 1. The number of nitrogens with one attached hydrogen (secondary N) is 2. The van der Waals surface area contributed by atoms with Gasteiger partial charge in [-0.15, -0.1) is 0 Å². The second-order valence-corrected chi connectivity index (χ2v) is 6.86. The van der Waals surface area contributed by atoms with Gasteiger partial charge in [0.05, 0.1) is 23.8 Å². The molecular formula is C20H23N5O. The lowest BCUT2D eigenvalue weighted by Crippen LogP contribution is -2.41. The molecule has 6 heteroatoms. The lowest BCUT2D eigenvalue weighted by atomic mass is 9.96. The minimum atomic E-state index is -0.628. The van der Waals surface area contributed by atoms with Crippen LogP contribution >= 0.6 is 0 Å². The molecule has 26 heavy (non-hydrogen) atoms. The highest BCUT2D eigenvalue weighted by Gasteiger charge is 2.17. The summed E-state index contributed by atoms with van der Waals surface area (Å²) in [6.07, 6.45) is 4.99. The molecule has 0 aliphatic heterocycles. The van der Waals surface area contributed by atoms with Gasteiger partial charge in [-0.3, -0.25) is 14.9 Å². The number of hydrogen-bond acceptors (Lipinski definition) is 4. The number of carbonyl (C=O) groups excluding carboxylic acids is 1. The van der Waals surface area contributed by atoms with E-state index in [4.69, 9.17) is 5.73 Å². The van der Waals surface area contributed by atoms with Gasteiger partial charge in [-0.25, -0.2) is 0 Å². The molecule has 4 rings (SSSR count). The Bertz CT molecular complexity index is 933. The van der Waals surface area contributed by atoms with Crippen molar-refractivity contribution in [3.63, 3.8) is 0 Å². The number of amides is 1. The first kappa shape index (κ1) is 16.7. The number of carbonyl (C=O) groups is 1. The molecule has 3 aromatic rings. The number of rotatable bonds is 5. The number of hydrogen-bond donors (Lipinski definition) is 3. The molecule has 134 valence electrons. The fraction of sp³-hybridized carbons (Fsp3) is 0.350. The van der Waals surface area contributed by atoms with Crippen LogP contribution in [0.25, 0.3) is 10.9 Å². The molecule has 2 heterocycles. The fourth-order valence-electron chi connectivity index (χ4n) is 3.52. The van der Waals surface area contributed by atoms with E-state index in [0.29, 0.717) is 13.0 Å². The summed E-state index contributed by atoms with van der Waals surface area (Å²) < 4.78 is 0. The van der Waals surface area contributed by atoms with Gasteiger partial charge in [-0.05, 0) is 43.4 Å². The fourth-order valence-corrected chi connectivity index (χ4v) is 3.52. The van der Waals surface area contributed by atoms with Crippen LogP contribution < -0.4 is 11.1 Å². The van der Waals surface area contributed by atoms with Crippen molar-refractivity contribution in [2.24, 2.45) is 5.73 Å². The third kappa shape index (κ3) is 3.46. The maximum Gasteiger partial charge on any atom is 0.237 e. The lowest BCUT2D eigenvalue weighted by molar-refractivity contribution is -0.122. The molecule has 1 amide bonds. The van der Waals surface area contributed by atoms with Crippen molar-refractivity contribution in [3.8, 4) is 0 Å². The van der Waals surface area contributed by atoms with E-state index in [-0.39, 0.29) is 5.91 Å². The van der Waals surface area contributed by atoms with Crippen molar-refractivity contribution >= 4 is 16.8 Å². The van der Waals surface area contributed by atoms with Crippen molar-refractivity contribution in [2.45, 2.75) is 44.7 Å². The zero-order valence-electron chi connectivity index (χ0n) is 14.7. The van der Waals surface area contributed by atoms with Crippen LogP contribution in [0.5, 0.6) is 0 Å². The van der Waals surface area contributed by atoms with Gasteiger partial charge in [-0.1, -0.05) is 24.3 Å². The van der Waals surface area contributed by atoms with Crippen LogP contribution in [0.1, 0.15) is 35.5 Å². The molecule has 0 saturated heterocycles. The second kappa shape index (κ2) is 7.25. The molecule has 4 N–H and O–H groups in total. The molecule has 0 fully saturated rings. The van der Waals surface area contributed by atoms with Crippen LogP contribution in [0.15, 0.2) is 36.4 Å². The van der Waals surface area contributed by atoms with Crippen molar-refractivity contribution in [1.29, 1.82) is 0 Å². The van der Waals surface area contributed by atoms with Gasteiger partial charge in [0, 0.05) is 23.2 Å². The number of pyridine rings is 1. The summed E-state index contributed by atoms with van der Waals surface area (Å²) in [5.74, 6) is -0.178. The van der Waals surface area contributed by atoms with Gasteiger partial charge < -0.3 is 11.1 Å². The summed E-state index contributed by atoms with van der Waals surface area (Å²) in [6.45, 7) is 0.406. The topological polar surface area (TPSA) is 96.7 Å². The molecule has 1 atom stereocenters. The maximum atomic E-state index is 12.4. The van der Waals surface area contributed by atoms with E-state index in [1.165, 1.54) is 24.1 Å². The number of nitrogens with two attached hydrogens (primary N) is 1. The number of H-pyrrole nitrogens is 1. The van der Waals surface area contributed by atoms with Crippen LogP contribution in [-0.4, -0.2) is 27.1 Å². The summed E-state index contributed by atoms with van der Waals surface area (Å²) in [4.78, 5) is 17.1. The van der Waals surface area contributed by atoms with Crippen molar-refractivity contribution in [3.05, 3.63) is 59.0 Å². The number of nitrogens with zero attached hydrogens (tertiary/aromatic N) is 2. The zero-order valence-corrected chi connectivity index (χ0v) is 14.7. The normalized spacial score (nSPS) is 14.8. The molecule has 2 aromatic heterocycles. The number of aromatic nitrogens is 3. The third-order valence-electron chi connectivity index (χ3n) is 4.98. The van der Waals surface area contributed by atoms with Crippen LogP contribution in [0, 0.1) is 0 Å². The Morgan fingerprint density at radius 1 is 1.19 bits per heavy atom. The van der Waals surface area contributed by atoms with Crippen LogP contribution in [0.3, 0.4) is 0 Å². The van der Waals surface area contributed by atoms with Crippen molar-refractivity contribution in [2.75, 3.05) is 0 Å². The summed E-state index contributed by atoms with van der Waals surface area (Å²) in [5.41, 5.74) is 11.3. The monoisotopic (exact) mass is 349 g/mol. The Morgan fingerprint density at radius 2 is 2.04 bits per heavy atom. The smallest absolute Gasteiger partial charge is 0.237 e. The van der Waals surface area contributed by atoms with E-state index in [1.54, 1.807) is 0 Å². The van der Waals surface area contributed by atoms with Crippen LogP contribution in [0.4, 0.5) is 0 Å². The molecule has 0 spiro atoms. The predicted octanol–water partition coefficient (Wildman–Crippen LogP) is 2.02. The molecule has 6 nitrogen and oxygen atoms in total. The van der Waals surface area contributed by atoms with Crippen LogP contribution in [-0.2, 0) is 30.6 Å². The zero-order chi connectivity index (χ0) is 17.9. The molecular weight excluding hydrogens is 326 g/mol. The largest absolute Gasteiger partial charge is 0.349 e. The molecule has 1 aromatic carbocycles. The van der Waals surface area contributed by atoms with Crippen molar-refractivity contribution < 1.29 is 4.79 Å². The second-order valence-electron chi connectivity index (χ2n) is 6.86. The SMILES string of the molecule is NC(Cc1[nH]nc2ccccc12)C(=O)NCc1ccc2c(n1)CCCC2. The number of fused-ring (bicyclic) bond motifs is 2. The third-order valence-corrected chi connectivity index (χ3v) is 4.98. The maximum absolute atomic E-state index is 12.4. The Kier molecular flexibility index (Phi) is 4.67. The van der Waals surface area contributed by atoms with E-state index < -0.39 is 6.04 Å². The predicted molar refractivity (Wildman–Crippen MR) is 100 cm³/mol. The van der Waals surface area contributed by atoms with Gasteiger partial charge in [0.25, 0.3) is 0 Å². The minimum Gasteiger partial charge on any atom is -0.349 e. The summed E-state index contributed by atoms with van der Waals surface area (Å²) in [7, 11) is 0. The van der Waals surface area contributed by atoms with Gasteiger partial charge >= 0.3 is 0 Å². The van der Waals surface area contributed by atoms with Crippen LogP contribution in [0.2, 0.25) is 0 Å². The van der Waals surface area contributed by atoms with Gasteiger partial charge in [0.1, 0.15) is 0 Å². The molecule has 0 radical (unpaired) electrons. The lowest BCUT2D eigenvalue weighted by Gasteiger charge is -2.16. The molecule has 1 unspecified atom stereocenters. The van der Waals surface area contributed by atoms with Gasteiger partial charge in [0.15, 0.2) is 0 Å². The van der Waals surface area contributed by atoms with E-state index >= 15 is 0 Å². The molecule has 1 aliphatic rings. The van der Waals surface area contributed by atoms with Gasteiger partial charge in [-0.2, -0.15) is 5.10 Å². The minimum absolute atomic E-state index is 0.178. The Hall–Kier alpha value is -2.73. The summed E-state index contributed by atoms with van der Waals surface area (Å²) in [5, 5.41) is 11.1. The average molecular weight is 349 g/mol. The summed E-state index contributed by atoms with van der Waals surface area (Å²) in [6, 6.07) is 11.3. The van der Waals surface area contributed by atoms with E-state index in [0.717, 1.165) is 35.1 Å². The quantitative estimate of drug-likeness (QED) is 0.656. The Balaban J connectivity index is 1.37. The first-order valence-electron chi connectivity index (χ1n) is 9.13. The molecule has 0 bridgehead atoms. The Morgan fingerprint density at radius 3 is 2.96 bits per heavy atom. The van der Waals surface area contributed by atoms with Crippen molar-refractivity contribution in [1.82, 2.24) is 20.5 Å². The molecule has 1 aliphatic carbocycles. The standard InChI is InChI=1S/C20H23N5O/c21-16(11-19-15-6-2-4-8-18(15)24-25-19)20(26)22-12-14-10-9-13-5-1-3-7-17(13)23-14/h2,4,6,8-10,16H,1,3,5,7,11-12,21H2,(H,22,26)(H,24,25). The van der Waals surface area contributed by atoms with E-state index in [2.05, 4.69) is 26.6 Å². The van der Waals surface area contributed by atoms with Gasteiger partial charge in [0.2, 0.25) is 5.91 Å². The first-order valence-corrected chi connectivity index (χ1v) is 9.13. The average Bonchev–Trinajstić information content (AvgIpc) is 3.09. The highest BCUT2D eigenvalue weighted by molar-refractivity contribution is 5.84. The number of benzene rings is 1. The number of aryl methyl sites for hydroxylation is 2. The number of para-hydroxylation sites is 1. The molecule has 0 saturated carbocycles. The summed E-state index contributed by atoms with van der Waals surface area (Å²) >= 11 is 0. The highest BCUT2D eigenvalue weighted by Crippen LogP contribution is 2.19. The highest BCUT2D eigenvalue weighted by atomic mass is 16.2.